The quantitative estimate of drug-likeness (QED) is 0.820. The van der Waals surface area contributed by atoms with Gasteiger partial charge >= 0.3 is 0 Å². The fourth-order valence-electron chi connectivity index (χ4n) is 2.03. The zero-order valence-electron chi connectivity index (χ0n) is 11.7. The molecular weight excluding hydrogens is 293 g/mol. The fraction of sp³-hybridized carbons (Fsp3) is 0.600. The summed E-state index contributed by atoms with van der Waals surface area (Å²) in [5, 5.41) is 3.47. The highest BCUT2D eigenvalue weighted by molar-refractivity contribution is 9.10. The van der Waals surface area contributed by atoms with E-state index in [-0.39, 0.29) is 11.2 Å². The zero-order chi connectivity index (χ0) is 13.8. The molecule has 0 amide bonds. The van der Waals surface area contributed by atoms with Crippen LogP contribution >= 0.6 is 15.9 Å². The number of hydrogen-bond acceptors (Lipinski definition) is 1. The topological polar surface area (TPSA) is 12.0 Å². The van der Waals surface area contributed by atoms with Gasteiger partial charge in [-0.15, -0.1) is 0 Å². The standard InChI is InChI=1S/C15H23BrFN/c1-11(2)9-18-10-15(3,4)8-12-5-13(16)7-14(17)6-12/h5-7,11,18H,8-10H2,1-4H3. The minimum Gasteiger partial charge on any atom is -0.316 e. The molecule has 0 spiro atoms. The summed E-state index contributed by atoms with van der Waals surface area (Å²) in [7, 11) is 0. The second-order valence-electron chi connectivity index (χ2n) is 6.14. The van der Waals surface area contributed by atoms with Gasteiger partial charge < -0.3 is 5.32 Å². The minimum absolute atomic E-state index is 0.127. The molecule has 0 aliphatic rings. The fourth-order valence-corrected chi connectivity index (χ4v) is 2.54. The summed E-state index contributed by atoms with van der Waals surface area (Å²) in [6.07, 6.45) is 0.869. The maximum absolute atomic E-state index is 13.3. The van der Waals surface area contributed by atoms with Crippen LogP contribution in [0.1, 0.15) is 33.3 Å². The smallest absolute Gasteiger partial charge is 0.124 e. The summed E-state index contributed by atoms with van der Waals surface area (Å²) < 4.78 is 14.1. The van der Waals surface area contributed by atoms with E-state index in [1.54, 1.807) is 6.07 Å². The van der Waals surface area contributed by atoms with Crippen LogP contribution in [0.2, 0.25) is 0 Å². The first-order chi connectivity index (χ1) is 8.28. The van der Waals surface area contributed by atoms with E-state index in [2.05, 4.69) is 48.9 Å². The Hall–Kier alpha value is -0.410. The average molecular weight is 316 g/mol. The van der Waals surface area contributed by atoms with Crippen molar-refractivity contribution in [3.8, 4) is 0 Å². The Morgan fingerprint density at radius 2 is 1.94 bits per heavy atom. The molecule has 0 radical (unpaired) electrons. The van der Waals surface area contributed by atoms with Gasteiger partial charge in [0, 0.05) is 11.0 Å². The normalized spacial score (nSPS) is 12.2. The highest BCUT2D eigenvalue weighted by atomic mass is 79.9. The maximum atomic E-state index is 13.3. The Morgan fingerprint density at radius 1 is 1.28 bits per heavy atom. The molecule has 0 aromatic heterocycles. The average Bonchev–Trinajstić information content (AvgIpc) is 2.12. The van der Waals surface area contributed by atoms with Gasteiger partial charge in [0.05, 0.1) is 0 Å². The highest BCUT2D eigenvalue weighted by Gasteiger charge is 2.18. The van der Waals surface area contributed by atoms with Crippen LogP contribution in [0.3, 0.4) is 0 Å². The van der Waals surface area contributed by atoms with Gasteiger partial charge in [-0.1, -0.05) is 43.6 Å². The summed E-state index contributed by atoms with van der Waals surface area (Å²) in [4.78, 5) is 0. The van der Waals surface area contributed by atoms with Crippen molar-refractivity contribution in [3.05, 3.63) is 34.1 Å². The van der Waals surface area contributed by atoms with E-state index >= 15 is 0 Å². The predicted molar refractivity (Wildman–Crippen MR) is 79.3 cm³/mol. The lowest BCUT2D eigenvalue weighted by Crippen LogP contribution is -2.33. The van der Waals surface area contributed by atoms with Crippen molar-refractivity contribution < 1.29 is 4.39 Å². The predicted octanol–water partition coefficient (Wildman–Crippen LogP) is 4.40. The molecule has 1 aromatic carbocycles. The van der Waals surface area contributed by atoms with Gasteiger partial charge in [-0.05, 0) is 48.1 Å². The van der Waals surface area contributed by atoms with Gasteiger partial charge in [0.1, 0.15) is 5.82 Å². The molecular formula is C15H23BrFN. The van der Waals surface area contributed by atoms with Crippen molar-refractivity contribution >= 4 is 15.9 Å². The largest absolute Gasteiger partial charge is 0.316 e. The molecule has 0 aliphatic heterocycles. The number of hydrogen-bond donors (Lipinski definition) is 1. The van der Waals surface area contributed by atoms with Crippen LogP contribution in [0.5, 0.6) is 0 Å². The minimum atomic E-state index is -0.176. The second-order valence-corrected chi connectivity index (χ2v) is 7.06. The van der Waals surface area contributed by atoms with Crippen LogP contribution in [0.25, 0.3) is 0 Å². The van der Waals surface area contributed by atoms with E-state index in [1.165, 1.54) is 6.07 Å². The monoisotopic (exact) mass is 315 g/mol. The van der Waals surface area contributed by atoms with Crippen molar-refractivity contribution in [2.45, 2.75) is 34.1 Å². The Labute approximate surface area is 118 Å². The zero-order valence-corrected chi connectivity index (χ0v) is 13.3. The van der Waals surface area contributed by atoms with E-state index in [4.69, 9.17) is 0 Å². The molecule has 0 heterocycles. The lowest BCUT2D eigenvalue weighted by atomic mass is 9.85. The summed E-state index contributed by atoms with van der Waals surface area (Å²) in [6, 6.07) is 5.11. The van der Waals surface area contributed by atoms with E-state index in [1.807, 2.05) is 6.07 Å². The van der Waals surface area contributed by atoms with Gasteiger partial charge in [-0.2, -0.15) is 0 Å². The summed E-state index contributed by atoms with van der Waals surface area (Å²) in [6.45, 7) is 10.8. The SMILES string of the molecule is CC(C)CNCC(C)(C)Cc1cc(F)cc(Br)c1. The summed E-state index contributed by atoms with van der Waals surface area (Å²) in [5.74, 6) is 0.481. The van der Waals surface area contributed by atoms with Crippen LogP contribution in [-0.2, 0) is 6.42 Å². The first kappa shape index (κ1) is 15.6. The molecule has 0 atom stereocenters. The molecule has 102 valence electrons. The number of nitrogens with one attached hydrogen (secondary N) is 1. The lowest BCUT2D eigenvalue weighted by Gasteiger charge is -2.26. The van der Waals surface area contributed by atoms with Crippen molar-refractivity contribution in [2.75, 3.05) is 13.1 Å². The third-order valence-corrected chi connectivity index (χ3v) is 3.22. The molecule has 1 aromatic rings. The number of halogens is 2. The first-order valence-corrected chi connectivity index (χ1v) is 7.23. The second kappa shape index (κ2) is 6.67. The van der Waals surface area contributed by atoms with E-state index < -0.39 is 0 Å². The van der Waals surface area contributed by atoms with Crippen molar-refractivity contribution in [1.82, 2.24) is 5.32 Å². The van der Waals surface area contributed by atoms with Gasteiger partial charge in [0.15, 0.2) is 0 Å². The molecule has 0 aliphatic carbocycles. The van der Waals surface area contributed by atoms with E-state index in [0.29, 0.717) is 5.92 Å². The molecule has 0 bridgehead atoms. The molecule has 1 rings (SSSR count). The third kappa shape index (κ3) is 5.96. The molecule has 0 unspecified atom stereocenters. The number of rotatable bonds is 6. The highest BCUT2D eigenvalue weighted by Crippen LogP contribution is 2.24. The van der Waals surface area contributed by atoms with Crippen LogP contribution in [0.4, 0.5) is 4.39 Å². The van der Waals surface area contributed by atoms with Gasteiger partial charge in [-0.25, -0.2) is 4.39 Å². The van der Waals surface area contributed by atoms with Gasteiger partial charge in [-0.3, -0.25) is 0 Å². The Morgan fingerprint density at radius 3 is 2.50 bits per heavy atom. The van der Waals surface area contributed by atoms with Crippen LogP contribution in [-0.4, -0.2) is 13.1 Å². The first-order valence-electron chi connectivity index (χ1n) is 6.44. The molecule has 3 heteroatoms. The molecule has 0 saturated carbocycles. The summed E-state index contributed by atoms with van der Waals surface area (Å²) in [5.41, 5.74) is 1.17. The molecule has 0 fully saturated rings. The van der Waals surface area contributed by atoms with E-state index in [9.17, 15) is 4.39 Å². The summed E-state index contributed by atoms with van der Waals surface area (Å²) >= 11 is 3.34. The Kier molecular flexibility index (Phi) is 5.80. The molecule has 1 nitrogen and oxygen atoms in total. The van der Waals surface area contributed by atoms with Gasteiger partial charge in [0.2, 0.25) is 0 Å². The van der Waals surface area contributed by atoms with Crippen molar-refractivity contribution in [3.63, 3.8) is 0 Å². The molecule has 0 saturated heterocycles. The van der Waals surface area contributed by atoms with Crippen molar-refractivity contribution in [2.24, 2.45) is 11.3 Å². The molecule has 1 N–H and O–H groups in total. The maximum Gasteiger partial charge on any atom is 0.124 e. The van der Waals surface area contributed by atoms with Crippen molar-refractivity contribution in [1.29, 1.82) is 0 Å². The molecule has 18 heavy (non-hydrogen) atoms. The van der Waals surface area contributed by atoms with Crippen LogP contribution in [0.15, 0.2) is 22.7 Å². The third-order valence-electron chi connectivity index (χ3n) is 2.76. The van der Waals surface area contributed by atoms with E-state index in [0.717, 1.165) is 29.5 Å². The van der Waals surface area contributed by atoms with Gasteiger partial charge in [0.25, 0.3) is 0 Å². The lowest BCUT2D eigenvalue weighted by molar-refractivity contribution is 0.330. The van der Waals surface area contributed by atoms with Crippen LogP contribution in [0, 0.1) is 17.2 Å². The van der Waals surface area contributed by atoms with Crippen LogP contribution < -0.4 is 5.32 Å². The Bertz CT molecular complexity index is 368. The Balaban J connectivity index is 2.58. The number of benzene rings is 1.